The number of rotatable bonds is 10. The number of unbranched alkanes of at least 4 members (excludes halogenated alkanes) is 1. The van der Waals surface area contributed by atoms with E-state index in [9.17, 15) is 4.79 Å². The van der Waals surface area contributed by atoms with E-state index >= 15 is 0 Å². The highest BCUT2D eigenvalue weighted by Gasteiger charge is 2.09. The standard InChI is InChI=1S/C21H25N3O2/c1-17-8-10-18(11-9-17)26-15-5-4-14-24-20-7-3-2-6-19(20)23-21(24)12-13-22-16-25/h2-3,6-11,16H,4-5,12-15H2,1H3,(H,22,25). The summed E-state index contributed by atoms with van der Waals surface area (Å²) in [5.74, 6) is 1.93. The predicted molar refractivity (Wildman–Crippen MR) is 103 cm³/mol. The normalized spacial score (nSPS) is 10.8. The van der Waals surface area contributed by atoms with Crippen molar-refractivity contribution in [2.45, 2.75) is 32.7 Å². The molecule has 5 heteroatoms. The number of nitrogens with zero attached hydrogens (tertiary/aromatic N) is 2. The van der Waals surface area contributed by atoms with Gasteiger partial charge in [0.15, 0.2) is 0 Å². The lowest BCUT2D eigenvalue weighted by atomic mass is 10.2. The van der Waals surface area contributed by atoms with Gasteiger partial charge in [-0.15, -0.1) is 0 Å². The summed E-state index contributed by atoms with van der Waals surface area (Å²) in [6.45, 7) is 4.27. The average Bonchev–Trinajstić information content (AvgIpc) is 3.01. The molecule has 0 fully saturated rings. The largest absolute Gasteiger partial charge is 0.494 e. The number of para-hydroxylation sites is 2. The maximum atomic E-state index is 10.5. The fourth-order valence-electron chi connectivity index (χ4n) is 3.01. The van der Waals surface area contributed by atoms with E-state index in [4.69, 9.17) is 9.72 Å². The Morgan fingerprint density at radius 2 is 1.92 bits per heavy atom. The molecule has 0 spiro atoms. The second-order valence-electron chi connectivity index (χ2n) is 6.36. The van der Waals surface area contributed by atoms with Gasteiger partial charge in [-0.05, 0) is 44.0 Å². The molecule has 0 aliphatic carbocycles. The Kier molecular flexibility index (Phi) is 6.25. The Morgan fingerprint density at radius 1 is 1.12 bits per heavy atom. The smallest absolute Gasteiger partial charge is 0.207 e. The lowest BCUT2D eigenvalue weighted by Gasteiger charge is -2.10. The summed E-state index contributed by atoms with van der Waals surface area (Å²) in [4.78, 5) is 15.2. The average molecular weight is 351 g/mol. The fourth-order valence-corrected chi connectivity index (χ4v) is 3.01. The van der Waals surface area contributed by atoms with Crippen molar-refractivity contribution in [3.63, 3.8) is 0 Å². The van der Waals surface area contributed by atoms with E-state index in [1.807, 2.05) is 30.3 Å². The number of fused-ring (bicyclic) bond motifs is 1. The van der Waals surface area contributed by atoms with E-state index < -0.39 is 0 Å². The Hall–Kier alpha value is -2.82. The highest BCUT2D eigenvalue weighted by molar-refractivity contribution is 5.75. The van der Waals surface area contributed by atoms with Crippen molar-refractivity contribution >= 4 is 17.4 Å². The molecule has 0 atom stereocenters. The number of aryl methyl sites for hydroxylation is 2. The van der Waals surface area contributed by atoms with Gasteiger partial charge in [0.1, 0.15) is 11.6 Å². The first-order chi connectivity index (χ1) is 12.8. The summed E-state index contributed by atoms with van der Waals surface area (Å²) in [6, 6.07) is 16.3. The number of nitrogens with one attached hydrogen (secondary N) is 1. The van der Waals surface area contributed by atoms with Gasteiger partial charge >= 0.3 is 0 Å². The molecule has 136 valence electrons. The van der Waals surface area contributed by atoms with Crippen LogP contribution in [0.15, 0.2) is 48.5 Å². The lowest BCUT2D eigenvalue weighted by Crippen LogP contribution is -2.17. The number of hydrogen-bond donors (Lipinski definition) is 1. The predicted octanol–water partition coefficient (Wildman–Crippen LogP) is 3.49. The highest BCUT2D eigenvalue weighted by Crippen LogP contribution is 2.18. The Bertz CT molecular complexity index is 840. The summed E-state index contributed by atoms with van der Waals surface area (Å²) in [5.41, 5.74) is 3.39. The third-order valence-corrected chi connectivity index (χ3v) is 4.38. The van der Waals surface area contributed by atoms with Gasteiger partial charge in [-0.2, -0.15) is 0 Å². The zero-order valence-corrected chi connectivity index (χ0v) is 15.1. The molecule has 1 N–H and O–H groups in total. The number of amides is 1. The maximum Gasteiger partial charge on any atom is 0.207 e. The second-order valence-corrected chi connectivity index (χ2v) is 6.36. The molecule has 0 unspecified atom stereocenters. The molecule has 1 amide bonds. The maximum absolute atomic E-state index is 10.5. The van der Waals surface area contributed by atoms with Crippen LogP contribution in [0.2, 0.25) is 0 Å². The summed E-state index contributed by atoms with van der Waals surface area (Å²) in [5, 5.41) is 2.71. The van der Waals surface area contributed by atoms with Gasteiger partial charge in [-0.3, -0.25) is 4.79 Å². The first-order valence-electron chi connectivity index (χ1n) is 9.08. The van der Waals surface area contributed by atoms with Crippen LogP contribution in [0.3, 0.4) is 0 Å². The molecular weight excluding hydrogens is 326 g/mol. The highest BCUT2D eigenvalue weighted by atomic mass is 16.5. The molecule has 0 aliphatic heterocycles. The number of imidazole rings is 1. The summed E-state index contributed by atoms with van der Waals surface area (Å²) in [6.07, 6.45) is 3.45. The van der Waals surface area contributed by atoms with E-state index in [1.54, 1.807) is 0 Å². The van der Waals surface area contributed by atoms with Crippen LogP contribution in [0.5, 0.6) is 5.75 Å². The fraction of sp³-hybridized carbons (Fsp3) is 0.333. The number of hydrogen-bond acceptors (Lipinski definition) is 3. The molecule has 3 aromatic rings. The first-order valence-corrected chi connectivity index (χ1v) is 9.08. The molecule has 5 nitrogen and oxygen atoms in total. The molecule has 0 saturated heterocycles. The van der Waals surface area contributed by atoms with Gasteiger partial charge in [-0.25, -0.2) is 4.98 Å². The van der Waals surface area contributed by atoms with Crippen molar-refractivity contribution in [2.75, 3.05) is 13.2 Å². The van der Waals surface area contributed by atoms with Crippen LogP contribution >= 0.6 is 0 Å². The molecule has 3 rings (SSSR count). The van der Waals surface area contributed by atoms with Gasteiger partial charge in [0.05, 0.1) is 17.6 Å². The van der Waals surface area contributed by atoms with Crippen molar-refractivity contribution < 1.29 is 9.53 Å². The number of aromatic nitrogens is 2. The molecule has 1 aromatic heterocycles. The van der Waals surface area contributed by atoms with Gasteiger partial charge in [0, 0.05) is 19.5 Å². The summed E-state index contributed by atoms with van der Waals surface area (Å²) in [7, 11) is 0. The molecule has 0 aliphatic rings. The van der Waals surface area contributed by atoms with Crippen molar-refractivity contribution in [3.05, 3.63) is 59.9 Å². The Morgan fingerprint density at radius 3 is 2.73 bits per heavy atom. The third kappa shape index (κ3) is 4.63. The van der Waals surface area contributed by atoms with E-state index in [0.29, 0.717) is 13.2 Å². The third-order valence-electron chi connectivity index (χ3n) is 4.38. The zero-order chi connectivity index (χ0) is 18.2. The minimum absolute atomic E-state index is 0.601. The van der Waals surface area contributed by atoms with Gasteiger partial charge in [0.25, 0.3) is 0 Å². The second kappa shape index (κ2) is 9.04. The molecular formula is C21H25N3O2. The molecule has 0 bridgehead atoms. The van der Waals surface area contributed by atoms with Crippen LogP contribution in [0.1, 0.15) is 24.2 Å². The number of carbonyl (C=O) groups is 1. The zero-order valence-electron chi connectivity index (χ0n) is 15.1. The van der Waals surface area contributed by atoms with Crippen LogP contribution in [0.25, 0.3) is 11.0 Å². The van der Waals surface area contributed by atoms with Crippen LogP contribution in [0, 0.1) is 6.92 Å². The van der Waals surface area contributed by atoms with E-state index in [2.05, 4.69) is 35.0 Å². The van der Waals surface area contributed by atoms with E-state index in [1.165, 1.54) is 5.56 Å². The van der Waals surface area contributed by atoms with Gasteiger partial charge in [-0.1, -0.05) is 29.8 Å². The SMILES string of the molecule is Cc1ccc(OCCCCn2c(CCNC=O)nc3ccccc32)cc1. The van der Waals surface area contributed by atoms with Crippen molar-refractivity contribution in [3.8, 4) is 5.75 Å². The first kappa shape index (κ1) is 18.0. The van der Waals surface area contributed by atoms with Crippen LogP contribution in [-0.2, 0) is 17.8 Å². The van der Waals surface area contributed by atoms with Gasteiger partial charge < -0.3 is 14.6 Å². The molecule has 26 heavy (non-hydrogen) atoms. The van der Waals surface area contributed by atoms with E-state index in [0.717, 1.165) is 54.8 Å². The molecule has 1 heterocycles. The number of ether oxygens (including phenoxy) is 1. The Labute approximate surface area is 154 Å². The van der Waals surface area contributed by atoms with E-state index in [-0.39, 0.29) is 0 Å². The quantitative estimate of drug-likeness (QED) is 0.449. The Balaban J connectivity index is 1.56. The number of carbonyl (C=O) groups excluding carboxylic acids is 1. The lowest BCUT2D eigenvalue weighted by molar-refractivity contribution is -0.109. The molecule has 0 saturated carbocycles. The van der Waals surface area contributed by atoms with Crippen molar-refractivity contribution in [2.24, 2.45) is 0 Å². The monoisotopic (exact) mass is 351 g/mol. The van der Waals surface area contributed by atoms with Crippen LogP contribution in [-0.4, -0.2) is 29.1 Å². The van der Waals surface area contributed by atoms with Gasteiger partial charge in [0.2, 0.25) is 6.41 Å². The topological polar surface area (TPSA) is 56.1 Å². The summed E-state index contributed by atoms with van der Waals surface area (Å²) < 4.78 is 8.06. The summed E-state index contributed by atoms with van der Waals surface area (Å²) >= 11 is 0. The molecule has 2 aromatic carbocycles. The minimum atomic E-state index is 0.601. The minimum Gasteiger partial charge on any atom is -0.494 e. The van der Waals surface area contributed by atoms with Crippen molar-refractivity contribution in [1.82, 2.24) is 14.9 Å². The molecule has 0 radical (unpaired) electrons. The van der Waals surface area contributed by atoms with Crippen LogP contribution in [0.4, 0.5) is 0 Å². The van der Waals surface area contributed by atoms with Crippen LogP contribution < -0.4 is 10.1 Å². The van der Waals surface area contributed by atoms with Crippen molar-refractivity contribution in [1.29, 1.82) is 0 Å². The number of benzene rings is 2.